The van der Waals surface area contributed by atoms with E-state index in [9.17, 15) is 14.4 Å². The standard InChI is InChI=1S/C19H20N4O5S/c1-3-28-18(26)15-16(21-11-20-15)22-19-23(10-12-7-5-4-6-8-12)17(25)13(29-19)9-14(24)27-2/h4-8,11,13H,3,9-10H2,1-2H3,(H,20,21)/b22-19-. The number of thioether (sulfide) groups is 1. The summed E-state index contributed by atoms with van der Waals surface area (Å²) in [7, 11) is 1.28. The molecule has 3 rings (SSSR count). The van der Waals surface area contributed by atoms with Crippen LogP contribution >= 0.6 is 11.8 Å². The Hall–Kier alpha value is -3.14. The first-order chi connectivity index (χ1) is 14.0. The van der Waals surface area contributed by atoms with Crippen molar-refractivity contribution in [1.29, 1.82) is 0 Å². The number of aromatic nitrogens is 2. The number of carbonyl (C=O) groups is 3. The molecule has 1 aromatic carbocycles. The quantitative estimate of drug-likeness (QED) is 0.689. The molecule has 1 fully saturated rings. The van der Waals surface area contributed by atoms with Gasteiger partial charge in [0.1, 0.15) is 5.25 Å². The van der Waals surface area contributed by atoms with E-state index in [1.165, 1.54) is 18.3 Å². The zero-order chi connectivity index (χ0) is 20.8. The largest absolute Gasteiger partial charge is 0.469 e. The van der Waals surface area contributed by atoms with E-state index in [0.29, 0.717) is 5.17 Å². The fourth-order valence-electron chi connectivity index (χ4n) is 2.69. The van der Waals surface area contributed by atoms with Crippen LogP contribution in [0.2, 0.25) is 0 Å². The molecule has 1 aliphatic heterocycles. The molecule has 152 valence electrons. The van der Waals surface area contributed by atoms with E-state index >= 15 is 0 Å². The minimum atomic E-state index is -0.658. The summed E-state index contributed by atoms with van der Waals surface area (Å²) in [5.74, 6) is -1.20. The van der Waals surface area contributed by atoms with Gasteiger partial charge in [-0.2, -0.15) is 0 Å². The molecule has 1 unspecified atom stereocenters. The van der Waals surface area contributed by atoms with Gasteiger partial charge < -0.3 is 14.5 Å². The van der Waals surface area contributed by atoms with Crippen molar-refractivity contribution in [2.45, 2.75) is 25.1 Å². The maximum atomic E-state index is 12.9. The lowest BCUT2D eigenvalue weighted by Crippen LogP contribution is -2.32. The Kier molecular flexibility index (Phi) is 6.65. The van der Waals surface area contributed by atoms with Crippen LogP contribution < -0.4 is 0 Å². The molecule has 0 aliphatic carbocycles. The molecule has 29 heavy (non-hydrogen) atoms. The fourth-order valence-corrected chi connectivity index (χ4v) is 3.81. The summed E-state index contributed by atoms with van der Waals surface area (Å²) in [6, 6.07) is 9.41. The molecule has 10 heteroatoms. The van der Waals surface area contributed by atoms with E-state index < -0.39 is 17.2 Å². The lowest BCUT2D eigenvalue weighted by molar-refractivity contribution is -0.142. The lowest BCUT2D eigenvalue weighted by Gasteiger charge is -2.16. The number of ether oxygens (including phenoxy) is 2. The number of carbonyl (C=O) groups excluding carboxylic acids is 3. The smallest absolute Gasteiger partial charge is 0.358 e. The first-order valence-corrected chi connectivity index (χ1v) is 9.79. The highest BCUT2D eigenvalue weighted by Gasteiger charge is 2.39. The molecule has 1 amide bonds. The first-order valence-electron chi connectivity index (χ1n) is 8.91. The van der Waals surface area contributed by atoms with Crippen molar-refractivity contribution in [1.82, 2.24) is 14.9 Å². The van der Waals surface area contributed by atoms with Crippen molar-refractivity contribution < 1.29 is 23.9 Å². The second-order valence-electron chi connectivity index (χ2n) is 6.01. The first kappa shape index (κ1) is 20.6. The summed E-state index contributed by atoms with van der Waals surface area (Å²) in [6.07, 6.45) is 1.26. The minimum Gasteiger partial charge on any atom is -0.469 e. The monoisotopic (exact) mass is 416 g/mol. The Labute approximate surface area is 171 Å². The molecular formula is C19H20N4O5S. The number of H-pyrrole nitrogens is 1. The van der Waals surface area contributed by atoms with Crippen LogP contribution in [0.3, 0.4) is 0 Å². The summed E-state index contributed by atoms with van der Waals surface area (Å²) < 4.78 is 9.69. The second kappa shape index (κ2) is 9.37. The Balaban J connectivity index is 1.92. The third-order valence-corrected chi connectivity index (χ3v) is 5.26. The molecule has 0 spiro atoms. The molecule has 9 nitrogen and oxygen atoms in total. The van der Waals surface area contributed by atoms with Crippen LogP contribution in [0.15, 0.2) is 41.7 Å². The van der Waals surface area contributed by atoms with Gasteiger partial charge in [0.15, 0.2) is 16.7 Å². The number of esters is 2. The van der Waals surface area contributed by atoms with Gasteiger partial charge in [-0.3, -0.25) is 14.5 Å². The molecule has 1 N–H and O–H groups in total. The third kappa shape index (κ3) is 4.83. The number of rotatable bonds is 7. The van der Waals surface area contributed by atoms with Crippen molar-refractivity contribution in [3.8, 4) is 0 Å². The van der Waals surface area contributed by atoms with Gasteiger partial charge in [-0.05, 0) is 12.5 Å². The fraction of sp³-hybridized carbons (Fsp3) is 0.316. The number of nitrogens with one attached hydrogen (secondary N) is 1. The summed E-state index contributed by atoms with van der Waals surface area (Å²) in [5, 5.41) is -0.305. The van der Waals surface area contributed by atoms with Gasteiger partial charge >= 0.3 is 11.9 Å². The van der Waals surface area contributed by atoms with Gasteiger partial charge in [-0.25, -0.2) is 14.8 Å². The number of hydrogen-bond acceptors (Lipinski definition) is 8. The average Bonchev–Trinajstić information content (AvgIpc) is 3.29. The number of aliphatic imine (C=N–C) groups is 1. The van der Waals surface area contributed by atoms with Crippen LogP contribution in [0.25, 0.3) is 0 Å². The molecule has 2 aromatic rings. The normalized spacial score (nSPS) is 17.6. The Morgan fingerprint density at radius 3 is 2.76 bits per heavy atom. The third-order valence-electron chi connectivity index (χ3n) is 4.08. The molecule has 0 bridgehead atoms. The van der Waals surface area contributed by atoms with Crippen LogP contribution in [0.4, 0.5) is 5.82 Å². The number of amides is 1. The van der Waals surface area contributed by atoms with E-state index in [4.69, 9.17) is 9.47 Å². The van der Waals surface area contributed by atoms with Crippen LogP contribution in [-0.4, -0.2) is 56.8 Å². The zero-order valence-electron chi connectivity index (χ0n) is 16.0. The van der Waals surface area contributed by atoms with E-state index in [-0.39, 0.29) is 37.0 Å². The summed E-state index contributed by atoms with van der Waals surface area (Å²) in [4.78, 5) is 49.4. The molecule has 1 aliphatic rings. The van der Waals surface area contributed by atoms with Crippen molar-refractivity contribution in [3.63, 3.8) is 0 Å². The molecule has 1 saturated heterocycles. The zero-order valence-corrected chi connectivity index (χ0v) is 16.8. The molecule has 2 heterocycles. The van der Waals surface area contributed by atoms with Crippen molar-refractivity contribution >= 4 is 40.6 Å². The van der Waals surface area contributed by atoms with Gasteiger partial charge in [-0.1, -0.05) is 42.1 Å². The van der Waals surface area contributed by atoms with E-state index in [0.717, 1.165) is 17.3 Å². The van der Waals surface area contributed by atoms with Crippen LogP contribution in [-0.2, 0) is 25.6 Å². The van der Waals surface area contributed by atoms with Crippen LogP contribution in [0.1, 0.15) is 29.4 Å². The maximum absolute atomic E-state index is 12.9. The molecule has 0 saturated carbocycles. The predicted octanol–water partition coefficient (Wildman–Crippen LogP) is 2.28. The molecular weight excluding hydrogens is 396 g/mol. The molecule has 1 aromatic heterocycles. The molecule has 1 atom stereocenters. The number of aromatic amines is 1. The van der Waals surface area contributed by atoms with Crippen LogP contribution in [0.5, 0.6) is 0 Å². The summed E-state index contributed by atoms with van der Waals surface area (Å²) in [6.45, 7) is 2.19. The summed E-state index contributed by atoms with van der Waals surface area (Å²) in [5.41, 5.74) is 1.00. The van der Waals surface area contributed by atoms with Crippen molar-refractivity contribution in [3.05, 3.63) is 47.9 Å². The maximum Gasteiger partial charge on any atom is 0.358 e. The van der Waals surface area contributed by atoms with E-state index in [2.05, 4.69) is 15.0 Å². The highest BCUT2D eigenvalue weighted by atomic mass is 32.2. The highest BCUT2D eigenvalue weighted by molar-refractivity contribution is 8.15. The lowest BCUT2D eigenvalue weighted by atomic mass is 10.2. The van der Waals surface area contributed by atoms with Gasteiger partial charge in [-0.15, -0.1) is 0 Å². The van der Waals surface area contributed by atoms with Gasteiger partial charge in [0.2, 0.25) is 5.91 Å². The Morgan fingerprint density at radius 1 is 1.31 bits per heavy atom. The van der Waals surface area contributed by atoms with Crippen LogP contribution in [0, 0.1) is 0 Å². The van der Waals surface area contributed by atoms with Gasteiger partial charge in [0, 0.05) is 0 Å². The average molecular weight is 416 g/mol. The number of methoxy groups -OCH3 is 1. The van der Waals surface area contributed by atoms with E-state index in [1.54, 1.807) is 6.92 Å². The van der Waals surface area contributed by atoms with Crippen molar-refractivity contribution in [2.24, 2.45) is 4.99 Å². The number of benzene rings is 1. The number of imidazole rings is 1. The van der Waals surface area contributed by atoms with E-state index in [1.807, 2.05) is 30.3 Å². The molecule has 0 radical (unpaired) electrons. The second-order valence-corrected chi connectivity index (χ2v) is 7.18. The van der Waals surface area contributed by atoms with Gasteiger partial charge in [0.25, 0.3) is 0 Å². The number of amidine groups is 1. The SMILES string of the molecule is CCOC(=O)c1[nH]cnc1/N=C1\SC(CC(=O)OC)C(=O)N1Cc1ccccc1. The number of hydrogen-bond donors (Lipinski definition) is 1. The Morgan fingerprint density at radius 2 is 2.07 bits per heavy atom. The topological polar surface area (TPSA) is 114 Å². The minimum absolute atomic E-state index is 0.0738. The van der Waals surface area contributed by atoms with Crippen molar-refractivity contribution in [2.75, 3.05) is 13.7 Å². The number of nitrogens with zero attached hydrogens (tertiary/aromatic N) is 3. The Bertz CT molecular complexity index is 928. The summed E-state index contributed by atoms with van der Waals surface area (Å²) >= 11 is 1.14. The predicted molar refractivity (Wildman–Crippen MR) is 107 cm³/mol. The van der Waals surface area contributed by atoms with Gasteiger partial charge in [0.05, 0.1) is 33.0 Å². The highest BCUT2D eigenvalue weighted by Crippen LogP contribution is 2.33.